The lowest BCUT2D eigenvalue weighted by Gasteiger charge is -2.19. The Labute approximate surface area is 135 Å². The van der Waals surface area contributed by atoms with E-state index in [0.29, 0.717) is 0 Å². The smallest absolute Gasteiger partial charge is 0.405 e. The number of hydrogen-bond acceptors (Lipinski definition) is 2. The van der Waals surface area contributed by atoms with E-state index in [4.69, 9.17) is 9.31 Å². The van der Waals surface area contributed by atoms with Gasteiger partial charge >= 0.3 is 7.12 Å². The van der Waals surface area contributed by atoms with Gasteiger partial charge in [-0.3, -0.25) is 0 Å². The molecule has 0 radical (unpaired) electrons. The molecular weight excluding hydrogens is 315 g/mol. The summed E-state index contributed by atoms with van der Waals surface area (Å²) in [6.07, 6.45) is 11.6. The Kier molecular flexibility index (Phi) is 13.0. The second kappa shape index (κ2) is 12.9. The molecule has 0 heterocycles. The predicted octanol–water partition coefficient (Wildman–Crippen LogP) is 5.89. The third-order valence-electron chi connectivity index (χ3n) is 2.91. The van der Waals surface area contributed by atoms with E-state index in [1.54, 1.807) is 0 Å². The van der Waals surface area contributed by atoms with Gasteiger partial charge in [0.25, 0.3) is 0 Å². The van der Waals surface area contributed by atoms with Crippen LogP contribution in [0.1, 0.15) is 79.6 Å². The highest BCUT2D eigenvalue weighted by molar-refractivity contribution is 9.12. The van der Waals surface area contributed by atoms with Crippen molar-refractivity contribution >= 4 is 23.0 Å². The van der Waals surface area contributed by atoms with Crippen LogP contribution in [0.4, 0.5) is 0 Å². The molecule has 0 aliphatic rings. The van der Waals surface area contributed by atoms with Gasteiger partial charge in [-0.1, -0.05) is 61.0 Å². The number of rotatable bonds is 12. The molecule has 118 valence electrons. The fraction of sp³-hybridized carbons (Fsp3) is 0.875. The van der Waals surface area contributed by atoms with Gasteiger partial charge in [-0.25, -0.2) is 0 Å². The van der Waals surface area contributed by atoms with E-state index in [-0.39, 0.29) is 19.3 Å². The lowest BCUT2D eigenvalue weighted by atomic mass is 9.87. The van der Waals surface area contributed by atoms with Crippen molar-refractivity contribution < 1.29 is 9.31 Å². The molecule has 0 amide bonds. The molecule has 0 atom stereocenters. The van der Waals surface area contributed by atoms with E-state index in [2.05, 4.69) is 28.9 Å². The van der Waals surface area contributed by atoms with Crippen molar-refractivity contribution in [1.82, 2.24) is 0 Å². The molecule has 0 aliphatic carbocycles. The first-order valence-corrected chi connectivity index (χ1v) is 8.93. The van der Waals surface area contributed by atoms with E-state index in [1.165, 1.54) is 38.5 Å². The topological polar surface area (TPSA) is 18.5 Å². The van der Waals surface area contributed by atoms with Crippen LogP contribution < -0.4 is 0 Å². The highest BCUT2D eigenvalue weighted by Gasteiger charge is 2.24. The summed E-state index contributed by atoms with van der Waals surface area (Å²) in [4.78, 5) is 0. The summed E-state index contributed by atoms with van der Waals surface area (Å²) in [5.74, 6) is 0. The van der Waals surface area contributed by atoms with Crippen molar-refractivity contribution in [2.24, 2.45) is 0 Å². The van der Waals surface area contributed by atoms with Crippen molar-refractivity contribution in [2.75, 3.05) is 0 Å². The standard InChI is InChI=1S/C16H32BBrO2/c1-6-7-8-9-10-11-12-13-16(18)17(19-14(2)3)20-15(4)5/h13-15H,6-12H2,1-5H3/b16-13-. The van der Waals surface area contributed by atoms with Crippen LogP contribution in [0.2, 0.25) is 0 Å². The third kappa shape index (κ3) is 12.0. The number of halogens is 1. The maximum atomic E-state index is 5.80. The molecule has 0 spiro atoms. The van der Waals surface area contributed by atoms with Gasteiger partial charge in [0.05, 0.1) is 0 Å². The molecule has 0 saturated carbocycles. The van der Waals surface area contributed by atoms with E-state index in [1.807, 2.05) is 27.7 Å². The van der Waals surface area contributed by atoms with Gasteiger partial charge in [0.15, 0.2) is 0 Å². The van der Waals surface area contributed by atoms with Crippen LogP contribution in [0.5, 0.6) is 0 Å². The van der Waals surface area contributed by atoms with Crippen LogP contribution in [0.3, 0.4) is 0 Å². The Balaban J connectivity index is 4.01. The van der Waals surface area contributed by atoms with Gasteiger partial charge in [-0.05, 0) is 40.5 Å². The zero-order valence-electron chi connectivity index (χ0n) is 14.0. The monoisotopic (exact) mass is 346 g/mol. The average Bonchev–Trinajstić information content (AvgIpc) is 2.35. The Morgan fingerprint density at radius 3 is 1.95 bits per heavy atom. The molecule has 0 bridgehead atoms. The van der Waals surface area contributed by atoms with Crippen molar-refractivity contribution in [3.05, 3.63) is 10.5 Å². The summed E-state index contributed by atoms with van der Waals surface area (Å²) in [5, 5.41) is 0. The minimum Gasteiger partial charge on any atom is -0.405 e. The summed E-state index contributed by atoms with van der Waals surface area (Å²) in [7, 11) is -0.268. The minimum absolute atomic E-state index is 0.161. The molecule has 0 aliphatic heterocycles. The maximum absolute atomic E-state index is 5.80. The normalized spacial score (nSPS) is 12.5. The number of unbranched alkanes of at least 4 members (excludes halogenated alkanes) is 6. The van der Waals surface area contributed by atoms with E-state index >= 15 is 0 Å². The SMILES string of the molecule is CCCCCCCC/C=C(\Br)B(OC(C)C)OC(C)C. The van der Waals surface area contributed by atoms with Crippen LogP contribution in [-0.4, -0.2) is 19.3 Å². The number of allylic oxidation sites excluding steroid dienone is 1. The van der Waals surface area contributed by atoms with Crippen molar-refractivity contribution in [1.29, 1.82) is 0 Å². The largest absolute Gasteiger partial charge is 0.501 e. The average molecular weight is 347 g/mol. The molecule has 0 aromatic heterocycles. The molecule has 0 rings (SSSR count). The van der Waals surface area contributed by atoms with Crippen molar-refractivity contribution in [3.63, 3.8) is 0 Å². The summed E-state index contributed by atoms with van der Waals surface area (Å²) >= 11 is 3.61. The molecule has 2 nitrogen and oxygen atoms in total. The highest BCUT2D eigenvalue weighted by atomic mass is 79.9. The zero-order chi connectivity index (χ0) is 15.4. The molecule has 0 N–H and O–H groups in total. The maximum Gasteiger partial charge on any atom is 0.501 e. The first kappa shape index (κ1) is 20.2. The lowest BCUT2D eigenvalue weighted by Crippen LogP contribution is -2.30. The predicted molar refractivity (Wildman–Crippen MR) is 93.2 cm³/mol. The van der Waals surface area contributed by atoms with Gasteiger partial charge in [0.1, 0.15) is 0 Å². The summed E-state index contributed by atoms with van der Waals surface area (Å²) < 4.78 is 12.6. The molecular formula is C16H32BBrO2. The molecule has 0 fully saturated rings. The summed E-state index contributed by atoms with van der Waals surface area (Å²) in [6, 6.07) is 0. The third-order valence-corrected chi connectivity index (χ3v) is 3.61. The molecule has 0 aromatic rings. The molecule has 0 aromatic carbocycles. The first-order chi connectivity index (χ1) is 9.47. The molecule has 4 heteroatoms. The van der Waals surface area contributed by atoms with Gasteiger partial charge in [0.2, 0.25) is 0 Å². The van der Waals surface area contributed by atoms with Gasteiger partial charge in [-0.15, -0.1) is 0 Å². The number of hydrogen-bond donors (Lipinski definition) is 0. The second-order valence-electron chi connectivity index (χ2n) is 5.85. The van der Waals surface area contributed by atoms with Gasteiger partial charge in [0, 0.05) is 16.6 Å². The fourth-order valence-corrected chi connectivity index (χ4v) is 2.36. The molecule has 20 heavy (non-hydrogen) atoms. The summed E-state index contributed by atoms with van der Waals surface area (Å²) in [5.41, 5.74) is 0. The van der Waals surface area contributed by atoms with Crippen molar-refractivity contribution in [3.8, 4) is 0 Å². The van der Waals surface area contributed by atoms with Gasteiger partial charge < -0.3 is 9.31 Å². The van der Waals surface area contributed by atoms with Crippen LogP contribution in [0.25, 0.3) is 0 Å². The van der Waals surface area contributed by atoms with Crippen molar-refractivity contribution in [2.45, 2.75) is 91.8 Å². The van der Waals surface area contributed by atoms with Crippen LogP contribution in [0.15, 0.2) is 10.5 Å². The lowest BCUT2D eigenvalue weighted by molar-refractivity contribution is 0.137. The molecule has 0 saturated heterocycles. The Morgan fingerprint density at radius 2 is 1.45 bits per heavy atom. The quantitative estimate of drug-likeness (QED) is 0.324. The van der Waals surface area contributed by atoms with E-state index < -0.39 is 0 Å². The fourth-order valence-electron chi connectivity index (χ4n) is 1.92. The highest BCUT2D eigenvalue weighted by Crippen LogP contribution is 2.18. The Bertz CT molecular complexity index is 245. The van der Waals surface area contributed by atoms with Crippen LogP contribution >= 0.6 is 15.9 Å². The van der Waals surface area contributed by atoms with Crippen LogP contribution in [-0.2, 0) is 9.31 Å². The first-order valence-electron chi connectivity index (χ1n) is 8.13. The second-order valence-corrected chi connectivity index (χ2v) is 6.76. The summed E-state index contributed by atoms with van der Waals surface area (Å²) in [6.45, 7) is 10.4. The van der Waals surface area contributed by atoms with E-state index in [0.717, 1.165) is 10.8 Å². The van der Waals surface area contributed by atoms with E-state index in [9.17, 15) is 0 Å². The van der Waals surface area contributed by atoms with Crippen LogP contribution in [0, 0.1) is 0 Å². The van der Waals surface area contributed by atoms with Gasteiger partial charge in [-0.2, -0.15) is 0 Å². The molecule has 0 unspecified atom stereocenters. The Morgan fingerprint density at radius 1 is 0.950 bits per heavy atom. The minimum atomic E-state index is -0.268. The Hall–Kier alpha value is 0.205. The zero-order valence-corrected chi connectivity index (χ0v) is 15.5.